The minimum absolute atomic E-state index is 0.0121. The quantitative estimate of drug-likeness (QED) is 0.766. The first-order valence-corrected chi connectivity index (χ1v) is 6.71. The molecule has 4 nitrogen and oxygen atoms in total. The number of rotatable bonds is 6. The van der Waals surface area contributed by atoms with Gasteiger partial charge < -0.3 is 14.8 Å². The minimum atomic E-state index is 0.0121. The highest BCUT2D eigenvalue weighted by Gasteiger charge is 2.59. The third-order valence-corrected chi connectivity index (χ3v) is 4.21. The number of hydrogen-bond acceptors (Lipinski definition) is 3. The molecule has 2 aliphatic carbocycles. The molecule has 2 saturated carbocycles. The molecule has 0 radical (unpaired) electrons. The lowest BCUT2D eigenvalue weighted by atomic mass is 9.51. The van der Waals surface area contributed by atoms with Gasteiger partial charge in [0, 0.05) is 24.7 Å². The van der Waals surface area contributed by atoms with Gasteiger partial charge in [0.1, 0.15) is 6.61 Å². The normalized spacial score (nSPS) is 29.5. The number of carbonyl (C=O) groups is 1. The first-order valence-electron chi connectivity index (χ1n) is 6.71. The summed E-state index contributed by atoms with van der Waals surface area (Å²) in [5, 5.41) is 3.09. The molecular weight excluding hydrogens is 218 g/mol. The standard InChI is InChI=1S/C13H23NO3/c1-3-16-9-12(15)14-10-8-11(17-4-2)13(10)6-5-7-13/h10-11H,3-9H2,1-2H3,(H,14,15)/t10-,11+/m1/s1. The van der Waals surface area contributed by atoms with Crippen LogP contribution in [0.1, 0.15) is 39.5 Å². The van der Waals surface area contributed by atoms with Gasteiger partial charge in [-0.1, -0.05) is 6.42 Å². The molecule has 0 aromatic heterocycles. The Bertz CT molecular complexity index is 276. The van der Waals surface area contributed by atoms with Crippen LogP contribution in [0.2, 0.25) is 0 Å². The fourth-order valence-electron chi connectivity index (χ4n) is 3.07. The van der Waals surface area contributed by atoms with Crippen molar-refractivity contribution in [1.82, 2.24) is 5.32 Å². The Morgan fingerprint density at radius 1 is 1.35 bits per heavy atom. The van der Waals surface area contributed by atoms with Crippen LogP contribution in [-0.2, 0) is 14.3 Å². The molecule has 0 heterocycles. The number of nitrogens with one attached hydrogen (secondary N) is 1. The molecule has 0 saturated heterocycles. The highest BCUT2D eigenvalue weighted by molar-refractivity contribution is 5.77. The van der Waals surface area contributed by atoms with Crippen LogP contribution in [0.25, 0.3) is 0 Å². The van der Waals surface area contributed by atoms with Gasteiger partial charge in [-0.3, -0.25) is 4.79 Å². The van der Waals surface area contributed by atoms with Crippen LogP contribution >= 0.6 is 0 Å². The average Bonchev–Trinajstić information content (AvgIpc) is 2.22. The van der Waals surface area contributed by atoms with E-state index in [9.17, 15) is 4.79 Å². The third kappa shape index (κ3) is 2.33. The SMILES string of the molecule is CCOCC(=O)N[C@@H]1C[C@H](OCC)C12CCC2. The van der Waals surface area contributed by atoms with Gasteiger partial charge in [0.2, 0.25) is 5.91 Å². The van der Waals surface area contributed by atoms with Crippen LogP contribution in [0.4, 0.5) is 0 Å². The molecule has 17 heavy (non-hydrogen) atoms. The molecular formula is C13H23NO3. The van der Waals surface area contributed by atoms with E-state index in [4.69, 9.17) is 9.47 Å². The van der Waals surface area contributed by atoms with Crippen LogP contribution in [0.5, 0.6) is 0 Å². The van der Waals surface area contributed by atoms with Gasteiger partial charge >= 0.3 is 0 Å². The van der Waals surface area contributed by atoms with Gasteiger partial charge in [-0.05, 0) is 33.1 Å². The van der Waals surface area contributed by atoms with Crippen molar-refractivity contribution in [2.24, 2.45) is 5.41 Å². The van der Waals surface area contributed by atoms with E-state index in [1.54, 1.807) is 0 Å². The van der Waals surface area contributed by atoms with Gasteiger partial charge in [-0.2, -0.15) is 0 Å². The van der Waals surface area contributed by atoms with Gasteiger partial charge in [-0.15, -0.1) is 0 Å². The lowest BCUT2D eigenvalue weighted by Gasteiger charge is -2.61. The molecule has 2 aliphatic rings. The Morgan fingerprint density at radius 2 is 2.12 bits per heavy atom. The summed E-state index contributed by atoms with van der Waals surface area (Å²) >= 11 is 0. The predicted octanol–water partition coefficient (Wildman–Crippen LogP) is 1.49. The maximum absolute atomic E-state index is 11.6. The highest BCUT2D eigenvalue weighted by Crippen LogP contribution is 2.57. The van der Waals surface area contributed by atoms with Crippen molar-refractivity contribution in [3.05, 3.63) is 0 Å². The van der Waals surface area contributed by atoms with Gasteiger partial charge in [-0.25, -0.2) is 0 Å². The highest BCUT2D eigenvalue weighted by atomic mass is 16.5. The second-order valence-electron chi connectivity index (χ2n) is 5.02. The molecule has 2 atom stereocenters. The summed E-state index contributed by atoms with van der Waals surface area (Å²) < 4.78 is 10.9. The van der Waals surface area contributed by atoms with E-state index < -0.39 is 0 Å². The summed E-state index contributed by atoms with van der Waals surface area (Å²) in [4.78, 5) is 11.6. The van der Waals surface area contributed by atoms with E-state index in [0.717, 1.165) is 13.0 Å². The van der Waals surface area contributed by atoms with E-state index >= 15 is 0 Å². The van der Waals surface area contributed by atoms with E-state index in [1.807, 2.05) is 13.8 Å². The third-order valence-electron chi connectivity index (χ3n) is 4.21. The topological polar surface area (TPSA) is 47.6 Å². The summed E-state index contributed by atoms with van der Waals surface area (Å²) in [7, 11) is 0. The first kappa shape index (κ1) is 12.8. The smallest absolute Gasteiger partial charge is 0.246 e. The van der Waals surface area contributed by atoms with Crippen molar-refractivity contribution in [1.29, 1.82) is 0 Å². The van der Waals surface area contributed by atoms with Crippen LogP contribution in [0, 0.1) is 5.41 Å². The lowest BCUT2D eigenvalue weighted by Crippen LogP contribution is -2.67. The van der Waals surface area contributed by atoms with E-state index in [-0.39, 0.29) is 17.9 Å². The summed E-state index contributed by atoms with van der Waals surface area (Å²) in [6, 6.07) is 0.306. The molecule has 0 aromatic rings. The molecule has 98 valence electrons. The maximum atomic E-state index is 11.6. The lowest BCUT2D eigenvalue weighted by molar-refractivity contribution is -0.176. The molecule has 0 bridgehead atoms. The average molecular weight is 241 g/mol. The summed E-state index contributed by atoms with van der Waals surface area (Å²) in [6.45, 7) is 5.47. The van der Waals surface area contributed by atoms with E-state index in [1.165, 1.54) is 19.3 Å². The van der Waals surface area contributed by atoms with Crippen LogP contribution < -0.4 is 5.32 Å². The Morgan fingerprint density at radius 3 is 2.65 bits per heavy atom. The summed E-state index contributed by atoms with van der Waals surface area (Å²) in [6.07, 6.45) is 4.97. The van der Waals surface area contributed by atoms with Crippen molar-refractivity contribution >= 4 is 5.91 Å². The Hall–Kier alpha value is -0.610. The summed E-state index contributed by atoms with van der Waals surface area (Å²) in [5.41, 5.74) is 0.248. The molecule has 0 aromatic carbocycles. The predicted molar refractivity (Wildman–Crippen MR) is 64.7 cm³/mol. The number of ether oxygens (including phenoxy) is 2. The second-order valence-corrected chi connectivity index (χ2v) is 5.02. The number of amides is 1. The maximum Gasteiger partial charge on any atom is 0.246 e. The van der Waals surface area contributed by atoms with Crippen LogP contribution in [0.15, 0.2) is 0 Å². The number of carbonyl (C=O) groups excluding carboxylic acids is 1. The molecule has 1 N–H and O–H groups in total. The molecule has 4 heteroatoms. The van der Waals surface area contributed by atoms with E-state index in [2.05, 4.69) is 5.32 Å². The second kappa shape index (κ2) is 5.36. The molecule has 1 spiro atoms. The minimum Gasteiger partial charge on any atom is -0.378 e. The zero-order valence-corrected chi connectivity index (χ0v) is 10.8. The van der Waals surface area contributed by atoms with Crippen molar-refractivity contribution in [2.75, 3.05) is 19.8 Å². The van der Waals surface area contributed by atoms with Crippen LogP contribution in [0.3, 0.4) is 0 Å². The molecule has 0 aliphatic heterocycles. The zero-order valence-electron chi connectivity index (χ0n) is 10.8. The fraction of sp³-hybridized carbons (Fsp3) is 0.923. The van der Waals surface area contributed by atoms with Crippen molar-refractivity contribution < 1.29 is 14.3 Å². The Labute approximate surface area is 103 Å². The first-order chi connectivity index (χ1) is 8.23. The van der Waals surface area contributed by atoms with Crippen molar-refractivity contribution in [2.45, 2.75) is 51.7 Å². The van der Waals surface area contributed by atoms with Gasteiger partial charge in [0.05, 0.1) is 6.10 Å². The Balaban J connectivity index is 1.81. The van der Waals surface area contributed by atoms with Crippen molar-refractivity contribution in [3.63, 3.8) is 0 Å². The zero-order chi connectivity index (χ0) is 12.3. The van der Waals surface area contributed by atoms with Gasteiger partial charge in [0.25, 0.3) is 0 Å². The summed E-state index contributed by atoms with van der Waals surface area (Å²) in [5.74, 6) is 0.0121. The molecule has 2 fully saturated rings. The molecule has 1 amide bonds. The molecule has 0 unspecified atom stereocenters. The fourth-order valence-corrected chi connectivity index (χ4v) is 3.07. The largest absolute Gasteiger partial charge is 0.378 e. The Kier molecular flexibility index (Phi) is 4.05. The van der Waals surface area contributed by atoms with E-state index in [0.29, 0.717) is 18.8 Å². The van der Waals surface area contributed by atoms with Gasteiger partial charge in [0.15, 0.2) is 0 Å². The number of hydrogen-bond donors (Lipinski definition) is 1. The van der Waals surface area contributed by atoms with Crippen LogP contribution in [-0.4, -0.2) is 37.9 Å². The monoisotopic (exact) mass is 241 g/mol. The van der Waals surface area contributed by atoms with Crippen molar-refractivity contribution in [3.8, 4) is 0 Å². The molecule has 2 rings (SSSR count).